The number of anilines is 1. The Morgan fingerprint density at radius 3 is 2.90 bits per heavy atom. The van der Waals surface area contributed by atoms with Crippen molar-refractivity contribution in [1.82, 2.24) is 4.98 Å². The number of aromatic nitrogens is 1. The first-order chi connectivity index (χ1) is 4.72. The Hall–Kier alpha value is -0.900. The van der Waals surface area contributed by atoms with Crippen molar-refractivity contribution in [1.29, 1.82) is 0 Å². The van der Waals surface area contributed by atoms with E-state index in [1.165, 1.54) is 4.90 Å². The summed E-state index contributed by atoms with van der Waals surface area (Å²) in [7, 11) is 1.67. The van der Waals surface area contributed by atoms with Gasteiger partial charge in [-0.25, -0.2) is 0 Å². The summed E-state index contributed by atoms with van der Waals surface area (Å²) < 4.78 is 0. The highest BCUT2D eigenvalue weighted by molar-refractivity contribution is 7.96. The first-order valence-corrected chi connectivity index (χ1v) is 3.26. The second kappa shape index (κ2) is 2.79. The molecular formula is C6H8N2OS. The average Bonchev–Trinajstić information content (AvgIpc) is 2.36. The molecule has 1 aromatic rings. The van der Waals surface area contributed by atoms with Crippen LogP contribution in [0, 0.1) is 0 Å². The van der Waals surface area contributed by atoms with Crippen molar-refractivity contribution in [3.05, 3.63) is 18.5 Å². The number of hydrogen-bond acceptors (Lipinski definition) is 1. The summed E-state index contributed by atoms with van der Waals surface area (Å²) in [5, 5.41) is -0.264. The number of aromatic amines is 1. The largest absolute Gasteiger partial charge is 0.366 e. The zero-order valence-electron chi connectivity index (χ0n) is 5.53. The molecule has 0 aromatic carbocycles. The van der Waals surface area contributed by atoms with Gasteiger partial charge in [0, 0.05) is 19.4 Å². The number of thiol groups is 1. The minimum Gasteiger partial charge on any atom is -0.366 e. The second-order valence-corrected chi connectivity index (χ2v) is 2.29. The first-order valence-electron chi connectivity index (χ1n) is 2.81. The van der Waals surface area contributed by atoms with E-state index < -0.39 is 0 Å². The molecule has 10 heavy (non-hydrogen) atoms. The quantitative estimate of drug-likeness (QED) is 0.594. The molecule has 1 amide bonds. The topological polar surface area (TPSA) is 36.1 Å². The molecule has 0 atom stereocenters. The van der Waals surface area contributed by atoms with Crippen molar-refractivity contribution in [2.24, 2.45) is 0 Å². The molecule has 0 aliphatic heterocycles. The van der Waals surface area contributed by atoms with Crippen molar-refractivity contribution in [2.45, 2.75) is 0 Å². The van der Waals surface area contributed by atoms with Crippen molar-refractivity contribution >= 4 is 23.6 Å². The van der Waals surface area contributed by atoms with Crippen LogP contribution in [0.1, 0.15) is 0 Å². The van der Waals surface area contributed by atoms with Gasteiger partial charge in [-0.1, -0.05) is 12.6 Å². The van der Waals surface area contributed by atoms with E-state index in [2.05, 4.69) is 17.6 Å². The van der Waals surface area contributed by atoms with Crippen molar-refractivity contribution < 1.29 is 4.79 Å². The minimum absolute atomic E-state index is 0.264. The highest BCUT2D eigenvalue weighted by Gasteiger charge is 2.04. The monoisotopic (exact) mass is 156 g/mol. The molecule has 3 nitrogen and oxygen atoms in total. The summed E-state index contributed by atoms with van der Waals surface area (Å²) in [5.41, 5.74) is 0.819. The predicted molar refractivity (Wildman–Crippen MR) is 43.6 cm³/mol. The Balaban J connectivity index is 2.77. The molecule has 1 rings (SSSR count). The Bertz CT molecular complexity index is 220. The Labute approximate surface area is 64.4 Å². The van der Waals surface area contributed by atoms with Gasteiger partial charge in [0.2, 0.25) is 0 Å². The summed E-state index contributed by atoms with van der Waals surface area (Å²) >= 11 is 3.65. The van der Waals surface area contributed by atoms with E-state index in [9.17, 15) is 4.79 Å². The molecule has 4 heteroatoms. The Kier molecular flexibility index (Phi) is 2.01. The van der Waals surface area contributed by atoms with Gasteiger partial charge in [-0.05, 0) is 6.07 Å². The number of hydrogen-bond donors (Lipinski definition) is 2. The third-order valence-corrected chi connectivity index (χ3v) is 1.56. The van der Waals surface area contributed by atoms with Gasteiger partial charge in [0.15, 0.2) is 0 Å². The van der Waals surface area contributed by atoms with E-state index in [0.29, 0.717) is 0 Å². The van der Waals surface area contributed by atoms with Crippen LogP contribution in [0.2, 0.25) is 0 Å². The standard InChI is InChI=1S/C6H8N2OS/c1-8(6(9)10)5-2-3-7-4-5/h2-4,7H,1H3,(H,9,10). The first kappa shape index (κ1) is 7.21. The van der Waals surface area contributed by atoms with Gasteiger partial charge in [0.05, 0.1) is 5.69 Å². The fourth-order valence-electron chi connectivity index (χ4n) is 0.634. The maximum atomic E-state index is 10.6. The van der Waals surface area contributed by atoms with Gasteiger partial charge in [-0.15, -0.1) is 0 Å². The third-order valence-electron chi connectivity index (χ3n) is 1.26. The highest BCUT2D eigenvalue weighted by Crippen LogP contribution is 2.11. The van der Waals surface area contributed by atoms with Crippen LogP contribution in [0.15, 0.2) is 18.5 Å². The smallest absolute Gasteiger partial charge is 0.282 e. The molecule has 1 aromatic heterocycles. The van der Waals surface area contributed by atoms with Crippen LogP contribution in [-0.4, -0.2) is 17.3 Å². The molecule has 0 aliphatic rings. The van der Waals surface area contributed by atoms with Crippen LogP contribution < -0.4 is 4.90 Å². The maximum absolute atomic E-state index is 10.6. The molecule has 54 valence electrons. The number of carbonyl (C=O) groups is 1. The molecule has 0 aliphatic carbocycles. The lowest BCUT2D eigenvalue weighted by molar-refractivity contribution is 0.266. The highest BCUT2D eigenvalue weighted by atomic mass is 32.1. The van der Waals surface area contributed by atoms with Gasteiger partial charge < -0.3 is 9.88 Å². The van der Waals surface area contributed by atoms with E-state index >= 15 is 0 Å². The Morgan fingerprint density at radius 1 is 1.80 bits per heavy atom. The normalized spacial score (nSPS) is 9.40. The summed E-state index contributed by atoms with van der Waals surface area (Å²) in [4.78, 5) is 14.9. The molecular weight excluding hydrogens is 148 g/mol. The Morgan fingerprint density at radius 2 is 2.50 bits per heavy atom. The van der Waals surface area contributed by atoms with Crippen molar-refractivity contribution in [3.63, 3.8) is 0 Å². The minimum atomic E-state index is -0.264. The van der Waals surface area contributed by atoms with Gasteiger partial charge in [0.25, 0.3) is 5.24 Å². The predicted octanol–water partition coefficient (Wildman–Crippen LogP) is 1.50. The molecule has 0 saturated heterocycles. The van der Waals surface area contributed by atoms with E-state index in [-0.39, 0.29) is 5.24 Å². The van der Waals surface area contributed by atoms with Gasteiger partial charge >= 0.3 is 0 Å². The molecule has 0 spiro atoms. The lowest BCUT2D eigenvalue weighted by Gasteiger charge is -2.09. The lowest BCUT2D eigenvalue weighted by atomic mass is 10.5. The third kappa shape index (κ3) is 1.33. The van der Waals surface area contributed by atoms with Gasteiger partial charge in [0.1, 0.15) is 0 Å². The van der Waals surface area contributed by atoms with Crippen LogP contribution in [0.5, 0.6) is 0 Å². The van der Waals surface area contributed by atoms with Crippen LogP contribution in [-0.2, 0) is 0 Å². The van der Waals surface area contributed by atoms with E-state index in [1.54, 1.807) is 25.5 Å². The SMILES string of the molecule is CN(C(=O)S)c1cc[nH]c1. The van der Waals surface area contributed by atoms with Crippen molar-refractivity contribution in [3.8, 4) is 0 Å². The zero-order valence-corrected chi connectivity index (χ0v) is 6.43. The zero-order chi connectivity index (χ0) is 7.56. The number of nitrogens with zero attached hydrogens (tertiary/aromatic N) is 1. The molecule has 0 unspecified atom stereocenters. The van der Waals surface area contributed by atoms with Crippen molar-refractivity contribution in [2.75, 3.05) is 11.9 Å². The molecule has 0 saturated carbocycles. The summed E-state index contributed by atoms with van der Waals surface area (Å²) in [6.07, 6.45) is 3.48. The number of amides is 1. The van der Waals surface area contributed by atoms with Gasteiger partial charge in [-0.2, -0.15) is 0 Å². The number of nitrogens with one attached hydrogen (secondary N) is 1. The van der Waals surface area contributed by atoms with E-state index in [0.717, 1.165) is 5.69 Å². The number of rotatable bonds is 1. The summed E-state index contributed by atoms with van der Waals surface area (Å²) in [6, 6.07) is 1.80. The summed E-state index contributed by atoms with van der Waals surface area (Å²) in [6.45, 7) is 0. The molecule has 0 bridgehead atoms. The lowest BCUT2D eigenvalue weighted by Crippen LogP contribution is -2.18. The summed E-state index contributed by atoms with van der Waals surface area (Å²) in [5.74, 6) is 0. The van der Waals surface area contributed by atoms with E-state index in [4.69, 9.17) is 0 Å². The average molecular weight is 156 g/mol. The van der Waals surface area contributed by atoms with Crippen LogP contribution in [0.3, 0.4) is 0 Å². The molecule has 0 radical (unpaired) electrons. The maximum Gasteiger partial charge on any atom is 0.282 e. The fraction of sp³-hybridized carbons (Fsp3) is 0.167. The van der Waals surface area contributed by atoms with E-state index in [1.807, 2.05) is 0 Å². The van der Waals surface area contributed by atoms with Crippen LogP contribution >= 0.6 is 12.6 Å². The number of carbonyl (C=O) groups excluding carboxylic acids is 1. The van der Waals surface area contributed by atoms with Gasteiger partial charge in [-0.3, -0.25) is 4.79 Å². The molecule has 1 N–H and O–H groups in total. The van der Waals surface area contributed by atoms with Crippen LogP contribution in [0.4, 0.5) is 10.5 Å². The number of H-pyrrole nitrogens is 1. The van der Waals surface area contributed by atoms with Crippen LogP contribution in [0.25, 0.3) is 0 Å². The fourth-order valence-corrected chi connectivity index (χ4v) is 0.750. The molecule has 1 heterocycles. The second-order valence-electron chi connectivity index (χ2n) is 1.91. The molecule has 0 fully saturated rings.